The zero-order chi connectivity index (χ0) is 9.84. The SMILES string of the molecule is FC(F)Oc1ccc(CCl)cc1Br. The Labute approximate surface area is 87.8 Å². The molecule has 0 saturated heterocycles. The van der Waals surface area contributed by atoms with E-state index in [0.717, 1.165) is 5.56 Å². The van der Waals surface area contributed by atoms with Gasteiger partial charge in [0.15, 0.2) is 0 Å². The first-order chi connectivity index (χ1) is 6.13. The van der Waals surface area contributed by atoms with E-state index in [1.54, 1.807) is 12.1 Å². The topological polar surface area (TPSA) is 9.23 Å². The van der Waals surface area contributed by atoms with Gasteiger partial charge in [-0.3, -0.25) is 0 Å². The molecule has 1 rings (SSSR count). The number of benzene rings is 1. The van der Waals surface area contributed by atoms with Crippen LogP contribution in [-0.4, -0.2) is 6.61 Å². The van der Waals surface area contributed by atoms with Gasteiger partial charge in [-0.15, -0.1) is 11.6 Å². The van der Waals surface area contributed by atoms with Crippen LogP contribution in [0.5, 0.6) is 5.75 Å². The molecule has 0 saturated carbocycles. The van der Waals surface area contributed by atoms with Crippen molar-refractivity contribution in [3.63, 3.8) is 0 Å². The molecule has 0 fully saturated rings. The second-order valence-electron chi connectivity index (χ2n) is 2.28. The lowest BCUT2D eigenvalue weighted by Crippen LogP contribution is -2.02. The van der Waals surface area contributed by atoms with Crippen LogP contribution >= 0.6 is 27.5 Å². The maximum absolute atomic E-state index is 11.8. The van der Waals surface area contributed by atoms with Crippen molar-refractivity contribution >= 4 is 27.5 Å². The lowest BCUT2D eigenvalue weighted by molar-refractivity contribution is -0.0503. The molecule has 0 heterocycles. The van der Waals surface area contributed by atoms with Crippen molar-refractivity contribution < 1.29 is 13.5 Å². The Balaban J connectivity index is 2.85. The summed E-state index contributed by atoms with van der Waals surface area (Å²) < 4.78 is 28.3. The molecule has 1 nitrogen and oxygen atoms in total. The van der Waals surface area contributed by atoms with Crippen LogP contribution in [0.25, 0.3) is 0 Å². The second-order valence-corrected chi connectivity index (χ2v) is 3.40. The highest BCUT2D eigenvalue weighted by Crippen LogP contribution is 2.27. The van der Waals surface area contributed by atoms with Gasteiger partial charge < -0.3 is 4.74 Å². The van der Waals surface area contributed by atoms with Crippen molar-refractivity contribution in [2.45, 2.75) is 12.5 Å². The van der Waals surface area contributed by atoms with Crippen LogP contribution < -0.4 is 4.74 Å². The van der Waals surface area contributed by atoms with Crippen LogP contribution in [-0.2, 0) is 5.88 Å². The molecular formula is C8H6BrClF2O. The van der Waals surface area contributed by atoms with Crippen molar-refractivity contribution in [3.8, 4) is 5.75 Å². The van der Waals surface area contributed by atoms with Crippen molar-refractivity contribution in [1.82, 2.24) is 0 Å². The number of alkyl halides is 3. The summed E-state index contributed by atoms with van der Waals surface area (Å²) in [6.07, 6.45) is 0. The van der Waals surface area contributed by atoms with Crippen molar-refractivity contribution in [1.29, 1.82) is 0 Å². The smallest absolute Gasteiger partial charge is 0.387 e. The summed E-state index contributed by atoms with van der Waals surface area (Å²) in [5.74, 6) is 0.456. The van der Waals surface area contributed by atoms with Gasteiger partial charge in [-0.25, -0.2) is 0 Å². The summed E-state index contributed by atoms with van der Waals surface area (Å²) in [7, 11) is 0. The Morgan fingerprint density at radius 3 is 2.62 bits per heavy atom. The third-order valence-corrected chi connectivity index (χ3v) is 2.29. The quantitative estimate of drug-likeness (QED) is 0.760. The van der Waals surface area contributed by atoms with E-state index >= 15 is 0 Å². The van der Waals surface area contributed by atoms with Crippen LogP contribution in [0.15, 0.2) is 22.7 Å². The van der Waals surface area contributed by atoms with Gasteiger partial charge in [-0.2, -0.15) is 8.78 Å². The van der Waals surface area contributed by atoms with E-state index in [4.69, 9.17) is 11.6 Å². The van der Waals surface area contributed by atoms with E-state index < -0.39 is 6.61 Å². The summed E-state index contributed by atoms with van der Waals surface area (Å²) in [4.78, 5) is 0. The lowest BCUT2D eigenvalue weighted by atomic mass is 10.2. The molecule has 0 aliphatic rings. The Morgan fingerprint density at radius 1 is 1.46 bits per heavy atom. The maximum Gasteiger partial charge on any atom is 0.387 e. The summed E-state index contributed by atoms with van der Waals surface area (Å²) >= 11 is 8.65. The number of rotatable bonds is 3. The van der Waals surface area contributed by atoms with Gasteiger partial charge in [0.25, 0.3) is 0 Å². The fourth-order valence-electron chi connectivity index (χ4n) is 0.819. The van der Waals surface area contributed by atoms with Gasteiger partial charge in [0.1, 0.15) is 5.75 Å². The summed E-state index contributed by atoms with van der Waals surface area (Å²) in [5, 5.41) is 0. The Morgan fingerprint density at radius 2 is 2.15 bits per heavy atom. The van der Waals surface area contributed by atoms with Crippen molar-refractivity contribution in [2.24, 2.45) is 0 Å². The predicted molar refractivity (Wildman–Crippen MR) is 50.3 cm³/mol. The van der Waals surface area contributed by atoms with Gasteiger partial charge in [0.2, 0.25) is 0 Å². The van der Waals surface area contributed by atoms with Crippen LogP contribution in [0.1, 0.15) is 5.56 Å². The zero-order valence-electron chi connectivity index (χ0n) is 6.44. The average Bonchev–Trinajstić information content (AvgIpc) is 2.08. The molecule has 13 heavy (non-hydrogen) atoms. The van der Waals surface area contributed by atoms with Gasteiger partial charge in [0, 0.05) is 5.88 Å². The van der Waals surface area contributed by atoms with Crippen molar-refractivity contribution in [3.05, 3.63) is 28.2 Å². The molecule has 0 amide bonds. The molecule has 72 valence electrons. The van der Waals surface area contributed by atoms with Crippen LogP contribution in [0.4, 0.5) is 8.78 Å². The molecule has 0 aliphatic carbocycles. The number of halogens is 4. The van der Waals surface area contributed by atoms with Gasteiger partial charge in [-0.05, 0) is 33.6 Å². The van der Waals surface area contributed by atoms with Crippen molar-refractivity contribution in [2.75, 3.05) is 0 Å². The molecule has 0 spiro atoms. The minimum atomic E-state index is -2.81. The normalized spacial score (nSPS) is 10.5. The lowest BCUT2D eigenvalue weighted by Gasteiger charge is -2.07. The number of ether oxygens (including phenoxy) is 1. The standard InChI is InChI=1S/C8H6BrClF2O/c9-6-3-5(4-10)1-2-7(6)13-8(11)12/h1-3,8H,4H2. The van der Waals surface area contributed by atoms with Crippen LogP contribution in [0.2, 0.25) is 0 Å². The van der Waals surface area contributed by atoms with E-state index in [2.05, 4.69) is 20.7 Å². The van der Waals surface area contributed by atoms with Gasteiger partial charge in [0.05, 0.1) is 4.47 Å². The minimum Gasteiger partial charge on any atom is -0.434 e. The molecule has 1 aromatic rings. The summed E-state index contributed by atoms with van der Waals surface area (Å²) in [6, 6.07) is 4.73. The highest BCUT2D eigenvalue weighted by Gasteiger charge is 2.07. The van der Waals surface area contributed by atoms with E-state index in [1.165, 1.54) is 6.07 Å². The molecule has 0 aromatic heterocycles. The monoisotopic (exact) mass is 270 g/mol. The highest BCUT2D eigenvalue weighted by atomic mass is 79.9. The molecule has 0 unspecified atom stereocenters. The maximum atomic E-state index is 11.8. The summed E-state index contributed by atoms with van der Waals surface area (Å²) in [6.45, 7) is -2.81. The largest absolute Gasteiger partial charge is 0.434 e. The molecule has 0 atom stereocenters. The predicted octanol–water partition coefficient (Wildman–Crippen LogP) is 3.79. The molecular weight excluding hydrogens is 265 g/mol. The van der Waals surface area contributed by atoms with Gasteiger partial charge >= 0.3 is 6.61 Å². The van der Waals surface area contributed by atoms with E-state index in [1.807, 2.05) is 0 Å². The fraction of sp³-hybridized carbons (Fsp3) is 0.250. The van der Waals surface area contributed by atoms with E-state index in [9.17, 15) is 8.78 Å². The third kappa shape index (κ3) is 3.12. The first kappa shape index (κ1) is 10.7. The van der Waals surface area contributed by atoms with E-state index in [0.29, 0.717) is 10.4 Å². The highest BCUT2D eigenvalue weighted by molar-refractivity contribution is 9.10. The number of hydrogen-bond donors (Lipinski definition) is 0. The first-order valence-corrected chi connectivity index (χ1v) is 4.75. The van der Waals surface area contributed by atoms with Crippen LogP contribution in [0, 0.1) is 0 Å². The third-order valence-electron chi connectivity index (χ3n) is 1.37. The number of hydrogen-bond acceptors (Lipinski definition) is 1. The second kappa shape index (κ2) is 4.77. The Hall–Kier alpha value is -0.350. The zero-order valence-corrected chi connectivity index (χ0v) is 8.78. The molecule has 5 heteroatoms. The minimum absolute atomic E-state index is 0.115. The molecule has 1 aromatic carbocycles. The van der Waals surface area contributed by atoms with E-state index in [-0.39, 0.29) is 5.75 Å². The average molecular weight is 271 g/mol. The molecule has 0 bridgehead atoms. The summed E-state index contributed by atoms with van der Waals surface area (Å²) in [5.41, 5.74) is 0.843. The molecule has 0 aliphatic heterocycles. The van der Waals surface area contributed by atoms with Crippen LogP contribution in [0.3, 0.4) is 0 Å². The van der Waals surface area contributed by atoms with Gasteiger partial charge in [-0.1, -0.05) is 6.07 Å². The molecule has 0 radical (unpaired) electrons. The Kier molecular flexibility index (Phi) is 3.93. The molecule has 0 N–H and O–H groups in total. The first-order valence-electron chi connectivity index (χ1n) is 3.42. The Bertz CT molecular complexity index is 293. The fourth-order valence-corrected chi connectivity index (χ4v) is 1.50.